The van der Waals surface area contributed by atoms with Crippen molar-refractivity contribution in [1.82, 2.24) is 20.0 Å². The van der Waals surface area contributed by atoms with Gasteiger partial charge in [0, 0.05) is 38.4 Å². The predicted octanol–water partition coefficient (Wildman–Crippen LogP) is 0.778. The van der Waals surface area contributed by atoms with Crippen molar-refractivity contribution in [2.75, 3.05) is 26.2 Å². The zero-order chi connectivity index (χ0) is 11.4. The van der Waals surface area contributed by atoms with Gasteiger partial charge in [0.25, 0.3) is 0 Å². The molecule has 1 fully saturated rings. The van der Waals surface area contributed by atoms with Crippen molar-refractivity contribution in [1.29, 1.82) is 0 Å². The lowest BCUT2D eigenvalue weighted by molar-refractivity contribution is 0.283. The Bertz CT molecular complexity index is 324. The zero-order valence-electron chi connectivity index (χ0n) is 10.4. The Morgan fingerprint density at radius 3 is 3.06 bits per heavy atom. The van der Waals surface area contributed by atoms with Gasteiger partial charge in [0.15, 0.2) is 0 Å². The lowest BCUT2D eigenvalue weighted by Gasteiger charge is -2.18. The molecule has 1 N–H and O–H groups in total. The summed E-state index contributed by atoms with van der Waals surface area (Å²) in [6, 6.07) is 0. The fraction of sp³-hybridized carbons (Fsp3) is 0.750. The molecule has 0 radical (unpaired) electrons. The third kappa shape index (κ3) is 2.83. The van der Waals surface area contributed by atoms with E-state index in [9.17, 15) is 0 Å². The van der Waals surface area contributed by atoms with Gasteiger partial charge in [-0.3, -0.25) is 9.58 Å². The number of hydrogen-bond donors (Lipinski definition) is 1. The van der Waals surface area contributed by atoms with E-state index in [4.69, 9.17) is 0 Å². The molecule has 2 heterocycles. The Morgan fingerprint density at radius 2 is 2.25 bits per heavy atom. The van der Waals surface area contributed by atoms with Crippen LogP contribution in [0, 0.1) is 0 Å². The highest BCUT2D eigenvalue weighted by Gasteiger charge is 2.12. The van der Waals surface area contributed by atoms with Gasteiger partial charge < -0.3 is 5.32 Å². The maximum absolute atomic E-state index is 4.49. The molecule has 1 aromatic heterocycles. The molecule has 90 valence electrons. The molecule has 4 nitrogen and oxygen atoms in total. The Kier molecular flexibility index (Phi) is 3.96. The summed E-state index contributed by atoms with van der Waals surface area (Å²) in [6.07, 6.45) is 4.45. The number of nitrogens with zero attached hydrogens (tertiary/aromatic N) is 3. The Balaban J connectivity index is 2.01. The third-order valence-electron chi connectivity index (χ3n) is 3.15. The molecule has 1 aromatic rings. The van der Waals surface area contributed by atoms with E-state index in [-0.39, 0.29) is 0 Å². The zero-order valence-corrected chi connectivity index (χ0v) is 10.4. The second-order valence-electron chi connectivity index (χ2n) is 4.51. The van der Waals surface area contributed by atoms with Crippen LogP contribution in [0.4, 0.5) is 0 Å². The number of aromatic nitrogens is 2. The molecule has 0 bridgehead atoms. The Labute approximate surface area is 97.6 Å². The fourth-order valence-electron chi connectivity index (χ4n) is 2.31. The molecule has 1 aliphatic heterocycles. The summed E-state index contributed by atoms with van der Waals surface area (Å²) in [6.45, 7) is 7.85. The summed E-state index contributed by atoms with van der Waals surface area (Å²) in [5.41, 5.74) is 2.65. The Morgan fingerprint density at radius 1 is 1.38 bits per heavy atom. The van der Waals surface area contributed by atoms with Crippen LogP contribution in [0.3, 0.4) is 0 Å². The van der Waals surface area contributed by atoms with Crippen LogP contribution in [0.25, 0.3) is 0 Å². The van der Waals surface area contributed by atoms with Crippen LogP contribution < -0.4 is 5.32 Å². The van der Waals surface area contributed by atoms with Gasteiger partial charge in [0.2, 0.25) is 0 Å². The summed E-state index contributed by atoms with van der Waals surface area (Å²) < 4.78 is 1.93. The number of nitrogens with one attached hydrogen (secondary N) is 1. The normalized spacial score (nSPS) is 18.6. The van der Waals surface area contributed by atoms with Crippen molar-refractivity contribution in [2.45, 2.75) is 26.3 Å². The lowest BCUT2D eigenvalue weighted by atomic mass is 10.2. The molecule has 4 heteroatoms. The molecule has 0 saturated carbocycles. The van der Waals surface area contributed by atoms with Crippen LogP contribution in [0.5, 0.6) is 0 Å². The molecular formula is C12H22N4. The SMILES string of the molecule is CCc1nn(C)cc1CN1CCCNCC1. The van der Waals surface area contributed by atoms with Crippen LogP contribution in [-0.4, -0.2) is 40.9 Å². The monoisotopic (exact) mass is 222 g/mol. The minimum Gasteiger partial charge on any atom is -0.315 e. The third-order valence-corrected chi connectivity index (χ3v) is 3.15. The molecule has 2 rings (SSSR count). The molecule has 0 unspecified atom stereocenters. The molecule has 0 aromatic carbocycles. The fourth-order valence-corrected chi connectivity index (χ4v) is 2.31. The van der Waals surface area contributed by atoms with Crippen molar-refractivity contribution >= 4 is 0 Å². The van der Waals surface area contributed by atoms with Gasteiger partial charge in [-0.1, -0.05) is 6.92 Å². The lowest BCUT2D eigenvalue weighted by Crippen LogP contribution is -2.27. The number of rotatable bonds is 3. The van der Waals surface area contributed by atoms with E-state index in [0.717, 1.165) is 32.6 Å². The largest absolute Gasteiger partial charge is 0.315 e. The average Bonchev–Trinajstić information content (AvgIpc) is 2.49. The first-order valence-corrected chi connectivity index (χ1v) is 6.24. The maximum Gasteiger partial charge on any atom is 0.0666 e. The van der Waals surface area contributed by atoms with Crippen molar-refractivity contribution in [3.63, 3.8) is 0 Å². The molecule has 0 aliphatic carbocycles. The van der Waals surface area contributed by atoms with E-state index in [0.29, 0.717) is 0 Å². The highest BCUT2D eigenvalue weighted by atomic mass is 15.3. The van der Waals surface area contributed by atoms with Gasteiger partial charge in [0.1, 0.15) is 0 Å². The second kappa shape index (κ2) is 5.46. The molecule has 0 amide bonds. The molecule has 1 aliphatic rings. The number of hydrogen-bond acceptors (Lipinski definition) is 3. The Hall–Kier alpha value is -0.870. The van der Waals surface area contributed by atoms with Crippen LogP contribution in [0.2, 0.25) is 0 Å². The molecular weight excluding hydrogens is 200 g/mol. The van der Waals surface area contributed by atoms with E-state index in [2.05, 4.69) is 28.4 Å². The first kappa shape index (κ1) is 11.6. The van der Waals surface area contributed by atoms with Gasteiger partial charge in [-0.2, -0.15) is 5.10 Å². The molecule has 1 saturated heterocycles. The minimum absolute atomic E-state index is 1.03. The van der Waals surface area contributed by atoms with Gasteiger partial charge in [-0.15, -0.1) is 0 Å². The smallest absolute Gasteiger partial charge is 0.0666 e. The van der Waals surface area contributed by atoms with E-state index >= 15 is 0 Å². The number of aryl methyl sites for hydroxylation is 2. The summed E-state index contributed by atoms with van der Waals surface area (Å²) in [5, 5.41) is 7.93. The van der Waals surface area contributed by atoms with E-state index in [1.807, 2.05) is 11.7 Å². The van der Waals surface area contributed by atoms with Crippen LogP contribution in [0.1, 0.15) is 24.6 Å². The topological polar surface area (TPSA) is 33.1 Å². The average molecular weight is 222 g/mol. The first-order chi connectivity index (χ1) is 7.79. The second-order valence-corrected chi connectivity index (χ2v) is 4.51. The van der Waals surface area contributed by atoms with Gasteiger partial charge in [-0.05, 0) is 25.9 Å². The maximum atomic E-state index is 4.49. The van der Waals surface area contributed by atoms with Crippen LogP contribution >= 0.6 is 0 Å². The predicted molar refractivity (Wildman–Crippen MR) is 65.3 cm³/mol. The summed E-state index contributed by atoms with van der Waals surface area (Å²) in [7, 11) is 2.01. The van der Waals surface area contributed by atoms with Gasteiger partial charge in [-0.25, -0.2) is 0 Å². The summed E-state index contributed by atoms with van der Waals surface area (Å²) in [5.74, 6) is 0. The van der Waals surface area contributed by atoms with Crippen molar-refractivity contribution < 1.29 is 0 Å². The van der Waals surface area contributed by atoms with E-state index < -0.39 is 0 Å². The summed E-state index contributed by atoms with van der Waals surface area (Å²) in [4.78, 5) is 2.52. The summed E-state index contributed by atoms with van der Waals surface area (Å²) >= 11 is 0. The standard InChI is InChI=1S/C12H22N4/c1-3-12-11(9-15(2)14-12)10-16-7-4-5-13-6-8-16/h9,13H,3-8,10H2,1-2H3. The van der Waals surface area contributed by atoms with Crippen LogP contribution in [-0.2, 0) is 20.0 Å². The quantitative estimate of drug-likeness (QED) is 0.820. The highest BCUT2D eigenvalue weighted by Crippen LogP contribution is 2.11. The van der Waals surface area contributed by atoms with Gasteiger partial charge >= 0.3 is 0 Å². The van der Waals surface area contributed by atoms with Crippen molar-refractivity contribution in [3.05, 3.63) is 17.5 Å². The van der Waals surface area contributed by atoms with Crippen molar-refractivity contribution in [2.24, 2.45) is 7.05 Å². The van der Waals surface area contributed by atoms with Gasteiger partial charge in [0.05, 0.1) is 5.69 Å². The molecule has 0 atom stereocenters. The minimum atomic E-state index is 1.03. The molecule has 0 spiro atoms. The first-order valence-electron chi connectivity index (χ1n) is 6.24. The van der Waals surface area contributed by atoms with E-state index in [1.165, 1.54) is 24.2 Å². The highest BCUT2D eigenvalue weighted by molar-refractivity contribution is 5.16. The van der Waals surface area contributed by atoms with Crippen LogP contribution in [0.15, 0.2) is 6.20 Å². The molecule has 16 heavy (non-hydrogen) atoms. The van der Waals surface area contributed by atoms with Crippen molar-refractivity contribution in [3.8, 4) is 0 Å². The van der Waals surface area contributed by atoms with E-state index in [1.54, 1.807) is 0 Å².